The van der Waals surface area contributed by atoms with Crippen molar-refractivity contribution in [3.8, 4) is 17.0 Å². The van der Waals surface area contributed by atoms with Gasteiger partial charge in [0, 0.05) is 29.3 Å². The Morgan fingerprint density at radius 2 is 1.83 bits per heavy atom. The summed E-state index contributed by atoms with van der Waals surface area (Å²) in [5, 5.41) is 8.79. The van der Waals surface area contributed by atoms with Gasteiger partial charge >= 0.3 is 0 Å². The number of amides is 1. The largest absolute Gasteiger partial charge is 0.497 e. The number of aromatic nitrogens is 3. The first-order valence-electron chi connectivity index (χ1n) is 9.11. The molecule has 0 aliphatic heterocycles. The number of ether oxygens (including phenoxy) is 1. The SMILES string of the molecule is COc1ccc(C(=O)CCC(=O)Nc2nc3scc(-c4ccc(F)cc4)n3n2)cc1. The molecule has 1 amide bonds. The number of hydrogen-bond donors (Lipinski definition) is 1. The molecule has 0 spiro atoms. The highest BCUT2D eigenvalue weighted by Gasteiger charge is 2.15. The number of halogens is 1. The fourth-order valence-electron chi connectivity index (χ4n) is 2.89. The molecular formula is C21H17FN4O3S. The van der Waals surface area contributed by atoms with Crippen LogP contribution < -0.4 is 10.1 Å². The summed E-state index contributed by atoms with van der Waals surface area (Å²) in [6.45, 7) is 0. The fraction of sp³-hybridized carbons (Fsp3) is 0.143. The molecule has 0 unspecified atom stereocenters. The van der Waals surface area contributed by atoms with Crippen LogP contribution in [0.25, 0.3) is 16.2 Å². The Balaban J connectivity index is 1.39. The number of methoxy groups -OCH3 is 1. The standard InChI is InChI=1S/C21H17FN4O3S/c1-29-16-8-4-14(5-9-16)18(27)10-11-19(28)23-20-24-21-26(25-20)17(12-30-21)13-2-6-15(22)7-3-13/h2-9,12H,10-11H2,1H3,(H,23,25,28). The van der Waals surface area contributed by atoms with Gasteiger partial charge in [-0.3, -0.25) is 14.9 Å². The van der Waals surface area contributed by atoms with Gasteiger partial charge in [0.15, 0.2) is 5.78 Å². The Morgan fingerprint density at radius 1 is 1.10 bits per heavy atom. The summed E-state index contributed by atoms with van der Waals surface area (Å²) < 4.78 is 19.8. The second kappa shape index (κ2) is 8.42. The van der Waals surface area contributed by atoms with Gasteiger partial charge in [-0.25, -0.2) is 8.91 Å². The maximum atomic E-state index is 13.2. The minimum atomic E-state index is -0.349. The highest BCUT2D eigenvalue weighted by atomic mass is 32.1. The number of carbonyl (C=O) groups is 2. The van der Waals surface area contributed by atoms with E-state index in [1.165, 1.54) is 23.5 Å². The molecule has 152 valence electrons. The highest BCUT2D eigenvalue weighted by molar-refractivity contribution is 7.15. The average molecular weight is 424 g/mol. The van der Waals surface area contributed by atoms with E-state index >= 15 is 0 Å². The van der Waals surface area contributed by atoms with Crippen LogP contribution in [-0.4, -0.2) is 33.4 Å². The zero-order valence-electron chi connectivity index (χ0n) is 16.0. The van der Waals surface area contributed by atoms with Crippen LogP contribution in [0, 0.1) is 5.82 Å². The molecule has 0 radical (unpaired) electrons. The Kier molecular flexibility index (Phi) is 5.53. The third kappa shape index (κ3) is 4.20. The van der Waals surface area contributed by atoms with Gasteiger partial charge in [0.2, 0.25) is 16.8 Å². The van der Waals surface area contributed by atoms with Crippen LogP contribution in [0.2, 0.25) is 0 Å². The van der Waals surface area contributed by atoms with Crippen molar-refractivity contribution in [1.82, 2.24) is 14.6 Å². The summed E-state index contributed by atoms with van der Waals surface area (Å²) >= 11 is 1.36. The molecule has 0 aliphatic rings. The number of thiazole rings is 1. The minimum Gasteiger partial charge on any atom is -0.497 e. The van der Waals surface area contributed by atoms with Crippen LogP contribution in [0.1, 0.15) is 23.2 Å². The number of Topliss-reactive ketones (excluding diaryl/α,β-unsaturated/α-hetero) is 1. The Labute approximate surface area is 175 Å². The number of carbonyl (C=O) groups excluding carboxylic acids is 2. The second-order valence-corrected chi connectivity index (χ2v) is 7.29. The monoisotopic (exact) mass is 424 g/mol. The third-order valence-electron chi connectivity index (χ3n) is 4.46. The van der Waals surface area contributed by atoms with Crippen molar-refractivity contribution in [2.75, 3.05) is 12.4 Å². The number of nitrogens with zero attached hydrogens (tertiary/aromatic N) is 3. The first-order chi connectivity index (χ1) is 14.5. The van der Waals surface area contributed by atoms with Gasteiger partial charge in [0.1, 0.15) is 11.6 Å². The molecule has 0 bridgehead atoms. The van der Waals surface area contributed by atoms with Crippen molar-refractivity contribution in [1.29, 1.82) is 0 Å². The molecule has 2 aromatic heterocycles. The predicted molar refractivity (Wildman–Crippen MR) is 111 cm³/mol. The van der Waals surface area contributed by atoms with Crippen molar-refractivity contribution in [2.24, 2.45) is 0 Å². The van der Waals surface area contributed by atoms with Gasteiger partial charge in [-0.1, -0.05) is 0 Å². The van der Waals surface area contributed by atoms with Crippen LogP contribution in [-0.2, 0) is 4.79 Å². The molecule has 0 aliphatic carbocycles. The number of benzene rings is 2. The molecule has 30 heavy (non-hydrogen) atoms. The molecular weight excluding hydrogens is 407 g/mol. The number of anilines is 1. The lowest BCUT2D eigenvalue weighted by atomic mass is 10.1. The summed E-state index contributed by atoms with van der Waals surface area (Å²) in [5.41, 5.74) is 2.06. The average Bonchev–Trinajstić information content (AvgIpc) is 3.33. The molecule has 0 saturated carbocycles. The van der Waals surface area contributed by atoms with Crippen molar-refractivity contribution in [2.45, 2.75) is 12.8 Å². The molecule has 0 fully saturated rings. The Hall–Kier alpha value is -3.59. The summed E-state index contributed by atoms with van der Waals surface area (Å²) in [5.74, 6) is 0.0202. The molecule has 0 saturated heterocycles. The maximum Gasteiger partial charge on any atom is 0.250 e. The lowest BCUT2D eigenvalue weighted by Crippen LogP contribution is -2.14. The van der Waals surface area contributed by atoms with Gasteiger partial charge in [-0.2, -0.15) is 4.98 Å². The molecule has 4 aromatic rings. The van der Waals surface area contributed by atoms with E-state index in [0.29, 0.717) is 16.3 Å². The molecule has 9 heteroatoms. The lowest BCUT2D eigenvalue weighted by Gasteiger charge is -2.03. The van der Waals surface area contributed by atoms with Crippen molar-refractivity contribution in [3.63, 3.8) is 0 Å². The van der Waals surface area contributed by atoms with Crippen molar-refractivity contribution in [3.05, 3.63) is 65.3 Å². The Bertz CT molecular complexity index is 1200. The predicted octanol–water partition coefficient (Wildman–Crippen LogP) is 4.21. The highest BCUT2D eigenvalue weighted by Crippen LogP contribution is 2.26. The first kappa shape index (κ1) is 19.7. The van der Waals surface area contributed by atoms with E-state index in [0.717, 1.165) is 11.3 Å². The third-order valence-corrected chi connectivity index (χ3v) is 5.28. The topological polar surface area (TPSA) is 85.6 Å². The minimum absolute atomic E-state index is 0.0164. The zero-order chi connectivity index (χ0) is 21.1. The smallest absolute Gasteiger partial charge is 0.250 e. The van der Waals surface area contributed by atoms with Gasteiger partial charge in [-0.05, 0) is 48.5 Å². The lowest BCUT2D eigenvalue weighted by molar-refractivity contribution is -0.116. The number of hydrogen-bond acceptors (Lipinski definition) is 6. The van der Waals surface area contributed by atoms with Gasteiger partial charge < -0.3 is 4.74 Å². The molecule has 1 N–H and O–H groups in total. The summed E-state index contributed by atoms with van der Waals surface area (Å²) in [4.78, 5) is 29.4. The zero-order valence-corrected chi connectivity index (χ0v) is 16.8. The van der Waals surface area contributed by atoms with Crippen LogP contribution in [0.15, 0.2) is 53.9 Å². The van der Waals surface area contributed by atoms with Crippen molar-refractivity contribution >= 4 is 33.9 Å². The van der Waals surface area contributed by atoms with Crippen LogP contribution >= 0.6 is 11.3 Å². The van der Waals surface area contributed by atoms with Crippen LogP contribution in [0.5, 0.6) is 5.75 Å². The van der Waals surface area contributed by atoms with E-state index in [1.54, 1.807) is 48.0 Å². The second-order valence-electron chi connectivity index (χ2n) is 6.46. The number of fused-ring (bicyclic) bond motifs is 1. The number of ketones is 1. The quantitative estimate of drug-likeness (QED) is 0.449. The summed E-state index contributed by atoms with van der Waals surface area (Å²) in [7, 11) is 1.55. The molecule has 7 nitrogen and oxygen atoms in total. The van der Waals surface area contributed by atoms with E-state index < -0.39 is 0 Å². The van der Waals surface area contributed by atoms with Crippen LogP contribution in [0.4, 0.5) is 10.3 Å². The first-order valence-corrected chi connectivity index (χ1v) is 9.99. The number of rotatable bonds is 7. The Morgan fingerprint density at radius 3 is 2.53 bits per heavy atom. The maximum absolute atomic E-state index is 13.2. The molecule has 0 atom stereocenters. The molecule has 4 rings (SSSR count). The van der Waals surface area contributed by atoms with E-state index in [2.05, 4.69) is 15.4 Å². The van der Waals surface area contributed by atoms with Gasteiger partial charge in [0.05, 0.1) is 12.8 Å². The van der Waals surface area contributed by atoms with E-state index in [1.807, 2.05) is 5.38 Å². The van der Waals surface area contributed by atoms with Crippen molar-refractivity contribution < 1.29 is 18.7 Å². The summed E-state index contributed by atoms with van der Waals surface area (Å²) in [6.07, 6.45) is 0.0871. The normalized spacial score (nSPS) is 10.9. The molecule has 2 aromatic carbocycles. The fourth-order valence-corrected chi connectivity index (χ4v) is 3.72. The van der Waals surface area contributed by atoms with E-state index in [4.69, 9.17) is 4.74 Å². The summed E-state index contributed by atoms with van der Waals surface area (Å²) in [6, 6.07) is 12.8. The van der Waals surface area contributed by atoms with E-state index in [9.17, 15) is 14.0 Å². The van der Waals surface area contributed by atoms with E-state index in [-0.39, 0.29) is 36.3 Å². The van der Waals surface area contributed by atoms with Gasteiger partial charge in [0.25, 0.3) is 0 Å². The molecule has 2 heterocycles. The van der Waals surface area contributed by atoms with Crippen LogP contribution in [0.3, 0.4) is 0 Å². The van der Waals surface area contributed by atoms with Gasteiger partial charge in [-0.15, -0.1) is 16.4 Å². The number of nitrogens with one attached hydrogen (secondary N) is 1.